The van der Waals surface area contributed by atoms with Crippen molar-refractivity contribution in [2.24, 2.45) is 5.92 Å². The monoisotopic (exact) mass is 494 g/mol. The summed E-state index contributed by atoms with van der Waals surface area (Å²) >= 11 is 2.83. The quantitative estimate of drug-likeness (QED) is 0.303. The minimum absolute atomic E-state index is 0.154. The Morgan fingerprint density at radius 3 is 2.88 bits per heavy atom. The molecule has 3 aromatic heterocycles. The summed E-state index contributed by atoms with van der Waals surface area (Å²) in [4.78, 5) is 26.6. The van der Waals surface area contributed by atoms with Gasteiger partial charge in [-0.3, -0.25) is 9.20 Å². The molecule has 0 fully saturated rings. The summed E-state index contributed by atoms with van der Waals surface area (Å²) < 4.78 is 7.04. The number of methoxy groups -OCH3 is 1. The molecule has 0 saturated heterocycles. The maximum Gasteiger partial charge on any atom is 0.341 e. The molecule has 1 N–H and O–H groups in total. The van der Waals surface area contributed by atoms with Crippen molar-refractivity contribution in [1.29, 1.82) is 0 Å². The van der Waals surface area contributed by atoms with Crippen molar-refractivity contribution in [2.45, 2.75) is 45.2 Å². The third-order valence-corrected chi connectivity index (χ3v) is 8.48. The molecule has 34 heavy (non-hydrogen) atoms. The van der Waals surface area contributed by atoms with Crippen LogP contribution in [0.25, 0.3) is 16.6 Å². The van der Waals surface area contributed by atoms with E-state index in [1.165, 1.54) is 35.1 Å². The molecule has 176 valence electrons. The number of hydrogen-bond donors (Lipinski definition) is 1. The number of para-hydroxylation sites is 1. The zero-order valence-electron chi connectivity index (χ0n) is 19.6. The van der Waals surface area contributed by atoms with Crippen molar-refractivity contribution in [3.05, 3.63) is 51.4 Å². The number of fused-ring (bicyclic) bond motifs is 4. The summed E-state index contributed by atoms with van der Waals surface area (Å²) in [5.74, 6) is 0.142. The number of esters is 1. The summed E-state index contributed by atoms with van der Waals surface area (Å²) in [6.07, 6.45) is 2.79. The van der Waals surface area contributed by atoms with Gasteiger partial charge < -0.3 is 10.1 Å². The first kappa shape index (κ1) is 22.9. The summed E-state index contributed by atoms with van der Waals surface area (Å²) in [7, 11) is 1.38. The van der Waals surface area contributed by atoms with E-state index < -0.39 is 5.97 Å². The van der Waals surface area contributed by atoms with Gasteiger partial charge in [0.2, 0.25) is 5.91 Å². The lowest BCUT2D eigenvalue weighted by Crippen LogP contribution is -2.17. The Balaban J connectivity index is 1.41. The van der Waals surface area contributed by atoms with E-state index in [-0.39, 0.29) is 11.7 Å². The number of nitrogens with one attached hydrogen (secondary N) is 1. The van der Waals surface area contributed by atoms with Crippen LogP contribution in [-0.2, 0) is 22.4 Å². The van der Waals surface area contributed by atoms with E-state index in [1.807, 2.05) is 16.5 Å². The van der Waals surface area contributed by atoms with E-state index >= 15 is 0 Å². The number of carbonyl (C=O) groups is 2. The molecule has 0 spiro atoms. The number of aryl methyl sites for hydroxylation is 2. The number of thioether (sulfide) groups is 1. The second-order valence-corrected chi connectivity index (χ2v) is 10.9. The number of carbonyl (C=O) groups excluding carboxylic acids is 2. The SMILES string of the molecule is COC(=O)c1c(NC(=O)CSc2nnc3cc(C)c4cccc(C)c4n23)sc2c1CC[C@H](C)C2. The zero-order chi connectivity index (χ0) is 24.0. The fourth-order valence-electron chi connectivity index (χ4n) is 4.67. The van der Waals surface area contributed by atoms with Gasteiger partial charge in [0.1, 0.15) is 5.00 Å². The topological polar surface area (TPSA) is 85.6 Å². The van der Waals surface area contributed by atoms with Crippen LogP contribution in [0.5, 0.6) is 0 Å². The number of thiophene rings is 1. The van der Waals surface area contributed by atoms with Crippen LogP contribution in [0.3, 0.4) is 0 Å². The van der Waals surface area contributed by atoms with Gasteiger partial charge in [0.05, 0.1) is 23.9 Å². The second-order valence-electron chi connectivity index (χ2n) is 8.86. The van der Waals surface area contributed by atoms with Crippen LogP contribution < -0.4 is 5.32 Å². The van der Waals surface area contributed by atoms with Gasteiger partial charge in [0.15, 0.2) is 10.8 Å². The van der Waals surface area contributed by atoms with E-state index in [9.17, 15) is 9.59 Å². The number of hydrogen-bond acceptors (Lipinski definition) is 7. The zero-order valence-corrected chi connectivity index (χ0v) is 21.2. The number of amides is 1. The summed E-state index contributed by atoms with van der Waals surface area (Å²) in [5.41, 5.74) is 5.61. The number of benzene rings is 1. The van der Waals surface area contributed by atoms with Crippen LogP contribution in [0.4, 0.5) is 5.00 Å². The standard InChI is InChI=1S/C25H26N4O3S2/c1-13-8-9-17-18(10-13)34-23(21(17)24(31)32-4)26-20(30)12-33-25-28-27-19-11-15(3)16-7-5-6-14(2)22(16)29(19)25/h5-7,11,13H,8-10,12H2,1-4H3,(H,26,30)/t13-/m0/s1. The summed E-state index contributed by atoms with van der Waals surface area (Å²) in [5, 5.41) is 14.0. The largest absolute Gasteiger partial charge is 0.465 e. The van der Waals surface area contributed by atoms with Gasteiger partial charge >= 0.3 is 5.97 Å². The van der Waals surface area contributed by atoms with E-state index in [0.717, 1.165) is 52.5 Å². The number of rotatable bonds is 5. The number of pyridine rings is 1. The van der Waals surface area contributed by atoms with E-state index in [2.05, 4.69) is 48.4 Å². The summed E-state index contributed by atoms with van der Waals surface area (Å²) in [6.45, 7) is 6.35. The Hall–Kier alpha value is -2.91. The first-order chi connectivity index (χ1) is 16.4. The molecule has 1 aliphatic rings. The van der Waals surface area contributed by atoms with Crippen molar-refractivity contribution < 1.29 is 14.3 Å². The molecule has 7 nitrogen and oxygen atoms in total. The van der Waals surface area contributed by atoms with Crippen molar-refractivity contribution in [2.75, 3.05) is 18.2 Å². The molecule has 1 atom stereocenters. The first-order valence-corrected chi connectivity index (χ1v) is 13.1. The minimum Gasteiger partial charge on any atom is -0.465 e. The van der Waals surface area contributed by atoms with Crippen molar-refractivity contribution in [1.82, 2.24) is 14.6 Å². The van der Waals surface area contributed by atoms with Gasteiger partial charge in [-0.1, -0.05) is 36.9 Å². The average molecular weight is 495 g/mol. The molecule has 0 radical (unpaired) electrons. The Morgan fingerprint density at radius 1 is 1.26 bits per heavy atom. The molecule has 0 aliphatic heterocycles. The normalized spacial score (nSPS) is 15.5. The van der Waals surface area contributed by atoms with E-state index in [0.29, 0.717) is 21.6 Å². The molecule has 1 amide bonds. The smallest absolute Gasteiger partial charge is 0.341 e. The van der Waals surface area contributed by atoms with Crippen molar-refractivity contribution in [3.8, 4) is 0 Å². The lowest BCUT2D eigenvalue weighted by atomic mass is 9.88. The lowest BCUT2D eigenvalue weighted by molar-refractivity contribution is -0.113. The second kappa shape index (κ2) is 9.03. The third kappa shape index (κ3) is 3.96. The lowest BCUT2D eigenvalue weighted by Gasteiger charge is -2.18. The maximum atomic E-state index is 12.9. The minimum atomic E-state index is -0.393. The number of nitrogens with zero attached hydrogens (tertiary/aromatic N) is 3. The molecule has 3 heterocycles. The molecular formula is C25H26N4O3S2. The molecule has 0 bridgehead atoms. The van der Waals surface area contributed by atoms with Crippen LogP contribution >= 0.6 is 23.1 Å². The number of ether oxygens (including phenoxy) is 1. The molecule has 0 saturated carbocycles. The Bertz CT molecular complexity index is 1440. The molecule has 1 aliphatic carbocycles. The van der Waals surface area contributed by atoms with Crippen LogP contribution in [0.15, 0.2) is 29.4 Å². The Morgan fingerprint density at radius 2 is 2.09 bits per heavy atom. The fraction of sp³-hybridized carbons (Fsp3) is 0.360. The van der Waals surface area contributed by atoms with Crippen LogP contribution in [-0.4, -0.2) is 39.3 Å². The van der Waals surface area contributed by atoms with Crippen LogP contribution in [0.2, 0.25) is 0 Å². The van der Waals surface area contributed by atoms with Crippen molar-refractivity contribution >= 4 is 56.5 Å². The molecule has 9 heteroatoms. The maximum absolute atomic E-state index is 12.9. The Kier molecular flexibility index (Phi) is 6.07. The van der Waals surface area contributed by atoms with E-state index in [1.54, 1.807) is 0 Å². The number of aromatic nitrogens is 3. The predicted octanol–water partition coefficient (Wildman–Crippen LogP) is 5.20. The highest BCUT2D eigenvalue weighted by Crippen LogP contribution is 2.40. The fourth-order valence-corrected chi connectivity index (χ4v) is 6.83. The average Bonchev–Trinajstić information content (AvgIpc) is 3.37. The molecule has 5 rings (SSSR count). The first-order valence-electron chi connectivity index (χ1n) is 11.3. The molecular weight excluding hydrogens is 468 g/mol. The van der Waals surface area contributed by atoms with Gasteiger partial charge in [0, 0.05) is 10.3 Å². The van der Waals surface area contributed by atoms with Gasteiger partial charge in [0.25, 0.3) is 0 Å². The Labute approximate surface area is 205 Å². The highest BCUT2D eigenvalue weighted by molar-refractivity contribution is 7.99. The van der Waals surface area contributed by atoms with Gasteiger partial charge in [-0.2, -0.15) is 0 Å². The van der Waals surface area contributed by atoms with Gasteiger partial charge in [-0.05, 0) is 61.8 Å². The highest BCUT2D eigenvalue weighted by Gasteiger charge is 2.29. The molecule has 1 aromatic carbocycles. The number of anilines is 1. The molecule has 4 aromatic rings. The van der Waals surface area contributed by atoms with Crippen LogP contribution in [0.1, 0.15) is 45.3 Å². The molecule has 0 unspecified atom stereocenters. The van der Waals surface area contributed by atoms with Gasteiger partial charge in [-0.25, -0.2) is 4.79 Å². The van der Waals surface area contributed by atoms with E-state index in [4.69, 9.17) is 4.74 Å². The summed E-state index contributed by atoms with van der Waals surface area (Å²) in [6, 6.07) is 8.21. The predicted molar refractivity (Wildman–Crippen MR) is 136 cm³/mol. The highest BCUT2D eigenvalue weighted by atomic mass is 32.2. The van der Waals surface area contributed by atoms with Crippen molar-refractivity contribution in [3.63, 3.8) is 0 Å². The van der Waals surface area contributed by atoms with Crippen LogP contribution in [0, 0.1) is 19.8 Å². The van der Waals surface area contributed by atoms with Gasteiger partial charge in [-0.15, -0.1) is 21.5 Å². The third-order valence-electron chi connectivity index (χ3n) is 6.38.